The van der Waals surface area contributed by atoms with Gasteiger partial charge in [0, 0.05) is 24.1 Å². The smallest absolute Gasteiger partial charge is 0.0404 e. The van der Waals surface area contributed by atoms with Gasteiger partial charge < -0.3 is 10.6 Å². The van der Waals surface area contributed by atoms with Gasteiger partial charge in [0.05, 0.1) is 0 Å². The summed E-state index contributed by atoms with van der Waals surface area (Å²) in [5, 5.41) is 6.26. The fourth-order valence-electron chi connectivity index (χ4n) is 1.03. The zero-order valence-electron chi connectivity index (χ0n) is 8.72. The standard InChI is InChI=1S/C12H16N2/c1-9(2)10(3)14-12-7-5-6-11(8-12)13-4/h5-8,13-14H,1,3H2,2,4H3. The number of anilines is 2. The molecule has 0 unspecified atom stereocenters. The molecule has 0 saturated carbocycles. The van der Waals surface area contributed by atoms with Gasteiger partial charge in [-0.25, -0.2) is 0 Å². The maximum atomic E-state index is 3.87. The second-order valence-electron chi connectivity index (χ2n) is 3.21. The number of hydrogen-bond acceptors (Lipinski definition) is 2. The maximum absolute atomic E-state index is 3.87. The highest BCUT2D eigenvalue weighted by Crippen LogP contribution is 2.17. The number of rotatable bonds is 4. The van der Waals surface area contributed by atoms with Crippen molar-refractivity contribution in [1.29, 1.82) is 0 Å². The van der Waals surface area contributed by atoms with Gasteiger partial charge in [-0.1, -0.05) is 19.2 Å². The Labute approximate surface area is 85.3 Å². The fourth-order valence-corrected chi connectivity index (χ4v) is 1.03. The van der Waals surface area contributed by atoms with Crippen LogP contribution in [0.4, 0.5) is 11.4 Å². The minimum atomic E-state index is 0.846. The molecular formula is C12H16N2. The molecule has 2 N–H and O–H groups in total. The van der Waals surface area contributed by atoms with E-state index in [2.05, 4.69) is 23.8 Å². The SMILES string of the molecule is C=C(C)C(=C)Nc1cccc(NC)c1. The van der Waals surface area contributed by atoms with Crippen LogP contribution in [-0.4, -0.2) is 7.05 Å². The van der Waals surface area contributed by atoms with E-state index in [1.165, 1.54) is 0 Å². The minimum absolute atomic E-state index is 0.846. The first-order chi connectivity index (χ1) is 6.63. The highest BCUT2D eigenvalue weighted by atomic mass is 14.9. The molecule has 0 aliphatic carbocycles. The lowest BCUT2D eigenvalue weighted by atomic mass is 10.2. The molecule has 0 aromatic heterocycles. The molecule has 1 rings (SSSR count). The zero-order valence-corrected chi connectivity index (χ0v) is 8.72. The summed E-state index contributed by atoms with van der Waals surface area (Å²) in [7, 11) is 1.90. The number of nitrogens with one attached hydrogen (secondary N) is 2. The van der Waals surface area contributed by atoms with Gasteiger partial charge in [-0.3, -0.25) is 0 Å². The Morgan fingerprint density at radius 2 is 1.86 bits per heavy atom. The van der Waals surface area contributed by atoms with Gasteiger partial charge in [-0.15, -0.1) is 0 Å². The van der Waals surface area contributed by atoms with E-state index in [1.54, 1.807) is 0 Å². The summed E-state index contributed by atoms with van der Waals surface area (Å²) in [4.78, 5) is 0. The summed E-state index contributed by atoms with van der Waals surface area (Å²) in [5.41, 5.74) is 3.88. The normalized spacial score (nSPS) is 9.29. The lowest BCUT2D eigenvalue weighted by molar-refractivity contribution is 1.37. The van der Waals surface area contributed by atoms with Crippen molar-refractivity contribution in [3.05, 3.63) is 48.7 Å². The second kappa shape index (κ2) is 4.51. The first kappa shape index (κ1) is 10.4. The Hall–Kier alpha value is -1.70. The first-order valence-electron chi connectivity index (χ1n) is 4.53. The summed E-state index contributed by atoms with van der Waals surface area (Å²) in [5.74, 6) is 0. The molecule has 0 atom stereocenters. The largest absolute Gasteiger partial charge is 0.388 e. The van der Waals surface area contributed by atoms with E-state index < -0.39 is 0 Å². The van der Waals surface area contributed by atoms with Gasteiger partial charge in [0.25, 0.3) is 0 Å². The molecule has 2 nitrogen and oxygen atoms in total. The molecule has 2 heteroatoms. The molecule has 0 radical (unpaired) electrons. The van der Waals surface area contributed by atoms with Crippen LogP contribution in [0.15, 0.2) is 48.7 Å². The Morgan fingerprint density at radius 1 is 1.21 bits per heavy atom. The quantitative estimate of drug-likeness (QED) is 0.709. The van der Waals surface area contributed by atoms with E-state index in [1.807, 2.05) is 38.2 Å². The van der Waals surface area contributed by atoms with Gasteiger partial charge >= 0.3 is 0 Å². The van der Waals surface area contributed by atoms with Crippen LogP contribution in [0.3, 0.4) is 0 Å². The highest BCUT2D eigenvalue weighted by Gasteiger charge is 1.96. The van der Waals surface area contributed by atoms with Crippen molar-refractivity contribution >= 4 is 11.4 Å². The topological polar surface area (TPSA) is 24.1 Å². The average Bonchev–Trinajstić information content (AvgIpc) is 2.18. The molecule has 0 amide bonds. The molecule has 0 saturated heterocycles. The lowest BCUT2D eigenvalue weighted by Crippen LogP contribution is -1.99. The lowest BCUT2D eigenvalue weighted by Gasteiger charge is -2.10. The van der Waals surface area contributed by atoms with E-state index in [4.69, 9.17) is 0 Å². The Morgan fingerprint density at radius 3 is 2.43 bits per heavy atom. The Kier molecular flexibility index (Phi) is 3.35. The molecule has 14 heavy (non-hydrogen) atoms. The predicted molar refractivity (Wildman–Crippen MR) is 63.6 cm³/mol. The van der Waals surface area contributed by atoms with E-state index in [0.29, 0.717) is 0 Å². The summed E-state index contributed by atoms with van der Waals surface area (Å²) in [6.45, 7) is 9.62. The molecule has 0 aliphatic rings. The summed E-state index contributed by atoms with van der Waals surface area (Å²) < 4.78 is 0. The van der Waals surface area contributed by atoms with E-state index in [9.17, 15) is 0 Å². The van der Waals surface area contributed by atoms with E-state index >= 15 is 0 Å². The molecule has 0 aliphatic heterocycles. The molecule has 0 heterocycles. The third-order valence-electron chi connectivity index (χ3n) is 1.96. The average molecular weight is 188 g/mol. The summed E-state index contributed by atoms with van der Waals surface area (Å²) in [6.07, 6.45) is 0. The Bertz CT molecular complexity index is 353. The zero-order chi connectivity index (χ0) is 10.6. The van der Waals surface area contributed by atoms with Crippen LogP contribution in [0.5, 0.6) is 0 Å². The van der Waals surface area contributed by atoms with Gasteiger partial charge in [-0.2, -0.15) is 0 Å². The molecule has 1 aromatic carbocycles. The molecule has 74 valence electrons. The van der Waals surface area contributed by atoms with Gasteiger partial charge in [0.2, 0.25) is 0 Å². The molecule has 1 aromatic rings. The summed E-state index contributed by atoms with van der Waals surface area (Å²) >= 11 is 0. The van der Waals surface area contributed by atoms with Crippen molar-refractivity contribution in [3.8, 4) is 0 Å². The van der Waals surface area contributed by atoms with Crippen molar-refractivity contribution in [3.63, 3.8) is 0 Å². The van der Waals surface area contributed by atoms with Crippen LogP contribution in [0, 0.1) is 0 Å². The van der Waals surface area contributed by atoms with Crippen LogP contribution in [0.25, 0.3) is 0 Å². The molecule has 0 spiro atoms. The number of benzene rings is 1. The number of allylic oxidation sites excluding steroid dienone is 1. The maximum Gasteiger partial charge on any atom is 0.0404 e. The number of hydrogen-bond donors (Lipinski definition) is 2. The van der Waals surface area contributed by atoms with Crippen LogP contribution in [-0.2, 0) is 0 Å². The van der Waals surface area contributed by atoms with Crippen LogP contribution in [0.2, 0.25) is 0 Å². The van der Waals surface area contributed by atoms with Crippen LogP contribution in [0.1, 0.15) is 6.92 Å². The molecular weight excluding hydrogens is 172 g/mol. The molecule has 0 fully saturated rings. The first-order valence-corrected chi connectivity index (χ1v) is 4.53. The van der Waals surface area contributed by atoms with Crippen LogP contribution >= 0.6 is 0 Å². The van der Waals surface area contributed by atoms with Crippen molar-refractivity contribution in [2.24, 2.45) is 0 Å². The van der Waals surface area contributed by atoms with Gasteiger partial charge in [-0.05, 0) is 30.7 Å². The third-order valence-corrected chi connectivity index (χ3v) is 1.96. The third kappa shape index (κ3) is 2.66. The minimum Gasteiger partial charge on any atom is -0.388 e. The highest BCUT2D eigenvalue weighted by molar-refractivity contribution is 5.59. The van der Waals surface area contributed by atoms with Gasteiger partial charge in [0.15, 0.2) is 0 Å². The fraction of sp³-hybridized carbons (Fsp3) is 0.167. The predicted octanol–water partition coefficient (Wildman–Crippen LogP) is 3.23. The van der Waals surface area contributed by atoms with E-state index in [0.717, 1.165) is 22.6 Å². The van der Waals surface area contributed by atoms with Crippen LogP contribution < -0.4 is 10.6 Å². The van der Waals surface area contributed by atoms with E-state index in [-0.39, 0.29) is 0 Å². The van der Waals surface area contributed by atoms with Crippen molar-refractivity contribution in [1.82, 2.24) is 0 Å². The van der Waals surface area contributed by atoms with Crippen molar-refractivity contribution < 1.29 is 0 Å². The van der Waals surface area contributed by atoms with Crippen molar-refractivity contribution in [2.45, 2.75) is 6.92 Å². The Balaban J connectivity index is 2.76. The van der Waals surface area contributed by atoms with Crippen molar-refractivity contribution in [2.75, 3.05) is 17.7 Å². The second-order valence-corrected chi connectivity index (χ2v) is 3.21. The monoisotopic (exact) mass is 188 g/mol. The summed E-state index contributed by atoms with van der Waals surface area (Å²) in [6, 6.07) is 8.01. The molecule has 0 bridgehead atoms. The van der Waals surface area contributed by atoms with Gasteiger partial charge in [0.1, 0.15) is 0 Å².